The molecule has 0 N–H and O–H groups in total. The molecule has 4 rings (SSSR count). The molecule has 0 aliphatic heterocycles. The van der Waals surface area contributed by atoms with Crippen molar-refractivity contribution in [1.82, 2.24) is 0 Å². The number of hydrogen-bond donors (Lipinski definition) is 0. The Morgan fingerprint density at radius 2 is 1.60 bits per heavy atom. The van der Waals surface area contributed by atoms with Gasteiger partial charge < -0.3 is 13.9 Å². The molecule has 0 amide bonds. The molecule has 0 saturated carbocycles. The summed E-state index contributed by atoms with van der Waals surface area (Å²) in [7, 11) is 1.59. The first kappa shape index (κ1) is 19.9. The topological polar surface area (TPSA) is 65.7 Å². The molecular weight excluding hydrogens is 448 g/mol. The zero-order valence-electron chi connectivity index (χ0n) is 16.3. The summed E-state index contributed by atoms with van der Waals surface area (Å²) < 4.78 is 17.0. The van der Waals surface area contributed by atoms with Gasteiger partial charge in [-0.3, -0.25) is 0 Å². The summed E-state index contributed by atoms with van der Waals surface area (Å²) in [5.41, 5.74) is 2.35. The third kappa shape index (κ3) is 3.86. The van der Waals surface area contributed by atoms with E-state index < -0.39 is 11.6 Å². The predicted molar refractivity (Wildman–Crippen MR) is 118 cm³/mol. The van der Waals surface area contributed by atoms with E-state index in [1.165, 1.54) is 0 Å². The Labute approximate surface area is 181 Å². The number of halogens is 1. The van der Waals surface area contributed by atoms with Gasteiger partial charge in [0, 0.05) is 15.9 Å². The predicted octanol–water partition coefficient (Wildman–Crippen LogP) is 5.76. The highest BCUT2D eigenvalue weighted by molar-refractivity contribution is 9.10. The van der Waals surface area contributed by atoms with Gasteiger partial charge in [0.2, 0.25) is 0 Å². The summed E-state index contributed by atoms with van der Waals surface area (Å²) in [5, 5.41) is 0.767. The monoisotopic (exact) mass is 464 g/mol. The van der Waals surface area contributed by atoms with E-state index in [2.05, 4.69) is 15.9 Å². The van der Waals surface area contributed by atoms with Crippen LogP contribution in [0.4, 0.5) is 0 Å². The summed E-state index contributed by atoms with van der Waals surface area (Å²) in [4.78, 5) is 25.0. The highest BCUT2D eigenvalue weighted by atomic mass is 79.9. The molecule has 0 atom stereocenters. The van der Waals surface area contributed by atoms with Gasteiger partial charge in [0.15, 0.2) is 0 Å². The number of hydrogen-bond acceptors (Lipinski definition) is 5. The average Bonchev–Trinajstić information content (AvgIpc) is 2.74. The van der Waals surface area contributed by atoms with E-state index in [0.29, 0.717) is 28.2 Å². The van der Waals surface area contributed by atoms with E-state index in [1.54, 1.807) is 61.7 Å². The van der Waals surface area contributed by atoms with Crippen LogP contribution in [0.2, 0.25) is 0 Å². The van der Waals surface area contributed by atoms with Crippen molar-refractivity contribution in [2.45, 2.75) is 6.92 Å². The van der Waals surface area contributed by atoms with E-state index in [0.717, 1.165) is 21.0 Å². The molecule has 0 saturated heterocycles. The maximum Gasteiger partial charge on any atom is 0.344 e. The molecule has 3 aromatic carbocycles. The Kier molecular flexibility index (Phi) is 5.42. The van der Waals surface area contributed by atoms with Crippen LogP contribution in [0.3, 0.4) is 0 Å². The lowest BCUT2D eigenvalue weighted by molar-refractivity contribution is 0.0735. The van der Waals surface area contributed by atoms with Crippen LogP contribution in [0, 0.1) is 6.92 Å². The van der Waals surface area contributed by atoms with Crippen LogP contribution in [0.15, 0.2) is 80.4 Å². The second-order valence-electron chi connectivity index (χ2n) is 6.67. The smallest absolute Gasteiger partial charge is 0.344 e. The normalized spacial score (nSPS) is 10.8. The highest BCUT2D eigenvalue weighted by Crippen LogP contribution is 2.30. The fourth-order valence-electron chi connectivity index (χ4n) is 3.24. The minimum absolute atomic E-state index is 0.301. The first-order valence-corrected chi connectivity index (χ1v) is 9.95. The van der Waals surface area contributed by atoms with Crippen LogP contribution in [0.25, 0.3) is 22.1 Å². The van der Waals surface area contributed by atoms with E-state index in [-0.39, 0.29) is 0 Å². The number of rotatable bonds is 4. The van der Waals surface area contributed by atoms with Crippen molar-refractivity contribution in [2.24, 2.45) is 0 Å². The highest BCUT2D eigenvalue weighted by Gasteiger charge is 2.15. The fraction of sp³-hybridized carbons (Fsp3) is 0.0833. The van der Waals surface area contributed by atoms with E-state index >= 15 is 0 Å². The number of carbonyl (C=O) groups is 1. The second-order valence-corrected chi connectivity index (χ2v) is 7.59. The Morgan fingerprint density at radius 3 is 2.27 bits per heavy atom. The maximum atomic E-state index is 12.7. The minimum Gasteiger partial charge on any atom is -0.497 e. The molecule has 0 bridgehead atoms. The lowest BCUT2D eigenvalue weighted by atomic mass is 9.99. The quantitative estimate of drug-likeness (QED) is 0.218. The summed E-state index contributed by atoms with van der Waals surface area (Å²) >= 11 is 3.33. The van der Waals surface area contributed by atoms with E-state index in [1.807, 2.05) is 19.1 Å². The van der Waals surface area contributed by atoms with Crippen LogP contribution >= 0.6 is 15.9 Å². The molecule has 4 aromatic rings. The van der Waals surface area contributed by atoms with Gasteiger partial charge in [-0.2, -0.15) is 0 Å². The number of carbonyl (C=O) groups excluding carboxylic acids is 1. The van der Waals surface area contributed by atoms with Gasteiger partial charge in [-0.25, -0.2) is 9.59 Å². The molecule has 0 spiro atoms. The van der Waals surface area contributed by atoms with Gasteiger partial charge in [-0.05, 0) is 66.6 Å². The lowest BCUT2D eigenvalue weighted by Gasteiger charge is -2.10. The Balaban J connectivity index is 1.69. The van der Waals surface area contributed by atoms with Gasteiger partial charge >= 0.3 is 11.6 Å². The Bertz CT molecular complexity index is 1290. The molecule has 1 heterocycles. The molecule has 0 unspecified atom stereocenters. The van der Waals surface area contributed by atoms with Crippen molar-refractivity contribution >= 4 is 32.9 Å². The van der Waals surface area contributed by atoms with Crippen molar-refractivity contribution < 1.29 is 18.7 Å². The van der Waals surface area contributed by atoms with Crippen molar-refractivity contribution in [3.63, 3.8) is 0 Å². The molecular formula is C24H17BrO5. The molecule has 5 nitrogen and oxygen atoms in total. The molecule has 0 aliphatic carbocycles. The van der Waals surface area contributed by atoms with Crippen LogP contribution in [-0.4, -0.2) is 13.1 Å². The number of fused-ring (bicyclic) bond motifs is 1. The van der Waals surface area contributed by atoms with Crippen molar-refractivity contribution in [2.75, 3.05) is 7.11 Å². The van der Waals surface area contributed by atoms with Crippen LogP contribution in [0.1, 0.15) is 15.9 Å². The summed E-state index contributed by atoms with van der Waals surface area (Å²) in [6.45, 7) is 1.87. The van der Waals surface area contributed by atoms with Crippen molar-refractivity contribution in [1.29, 1.82) is 0 Å². The van der Waals surface area contributed by atoms with Crippen LogP contribution in [-0.2, 0) is 0 Å². The molecule has 30 heavy (non-hydrogen) atoms. The minimum atomic E-state index is -0.490. The molecule has 0 radical (unpaired) electrons. The fourth-order valence-corrected chi connectivity index (χ4v) is 3.51. The Morgan fingerprint density at radius 1 is 0.933 bits per heavy atom. The van der Waals surface area contributed by atoms with Gasteiger partial charge in [0.05, 0.1) is 18.2 Å². The first-order valence-electron chi connectivity index (χ1n) is 9.16. The molecule has 150 valence electrons. The molecule has 6 heteroatoms. The van der Waals surface area contributed by atoms with Crippen LogP contribution in [0.5, 0.6) is 11.5 Å². The van der Waals surface area contributed by atoms with Gasteiger partial charge in [0.1, 0.15) is 17.1 Å². The van der Waals surface area contributed by atoms with E-state index in [4.69, 9.17) is 13.9 Å². The number of benzene rings is 3. The number of methoxy groups -OCH3 is 1. The second kappa shape index (κ2) is 8.16. The standard InChI is InChI=1S/C24H17BrO5/c1-14-20-12-11-19(29-23(26)16-3-7-17(25)8-4-16)13-21(20)30-24(27)22(14)15-5-9-18(28-2)10-6-15/h3-13H,1-2H3. The van der Waals surface area contributed by atoms with E-state index in [9.17, 15) is 9.59 Å². The summed E-state index contributed by atoms with van der Waals surface area (Å²) in [5.74, 6) is 0.518. The summed E-state index contributed by atoms with van der Waals surface area (Å²) in [6, 6.07) is 19.1. The van der Waals surface area contributed by atoms with Crippen LogP contribution < -0.4 is 15.1 Å². The third-order valence-electron chi connectivity index (χ3n) is 4.81. The Hall–Kier alpha value is -3.38. The maximum absolute atomic E-state index is 12.7. The largest absolute Gasteiger partial charge is 0.497 e. The third-order valence-corrected chi connectivity index (χ3v) is 5.34. The summed E-state index contributed by atoms with van der Waals surface area (Å²) in [6.07, 6.45) is 0. The van der Waals surface area contributed by atoms with Crippen molar-refractivity contribution in [3.8, 4) is 22.6 Å². The number of aryl methyl sites for hydroxylation is 1. The SMILES string of the molecule is COc1ccc(-c2c(C)c3ccc(OC(=O)c4ccc(Br)cc4)cc3oc2=O)cc1. The zero-order chi connectivity index (χ0) is 21.3. The average molecular weight is 465 g/mol. The molecule has 0 aliphatic rings. The van der Waals surface area contributed by atoms with Gasteiger partial charge in [-0.1, -0.05) is 28.1 Å². The molecule has 0 fully saturated rings. The zero-order valence-corrected chi connectivity index (χ0v) is 17.9. The number of esters is 1. The first-order chi connectivity index (χ1) is 14.5. The molecule has 1 aromatic heterocycles. The van der Waals surface area contributed by atoms with Gasteiger partial charge in [0.25, 0.3) is 0 Å². The van der Waals surface area contributed by atoms with Gasteiger partial charge in [-0.15, -0.1) is 0 Å². The lowest BCUT2D eigenvalue weighted by Crippen LogP contribution is -2.09. The number of ether oxygens (including phenoxy) is 2. The van der Waals surface area contributed by atoms with Crippen molar-refractivity contribution in [3.05, 3.63) is 92.7 Å².